The molecule has 1 aromatic rings. The van der Waals surface area contributed by atoms with Gasteiger partial charge >= 0.3 is 0 Å². The van der Waals surface area contributed by atoms with E-state index in [9.17, 15) is 9.59 Å². The highest BCUT2D eigenvalue weighted by Crippen LogP contribution is 2.16. The molecule has 0 bridgehead atoms. The van der Waals surface area contributed by atoms with Gasteiger partial charge in [0.2, 0.25) is 15.4 Å². The Bertz CT molecular complexity index is 472. The summed E-state index contributed by atoms with van der Waals surface area (Å²) in [6.45, 7) is 1.75. The first-order valence-corrected chi connectivity index (χ1v) is 7.04. The van der Waals surface area contributed by atoms with Crippen LogP contribution in [0.15, 0.2) is 0 Å². The van der Waals surface area contributed by atoms with Crippen LogP contribution in [0.3, 0.4) is 0 Å². The van der Waals surface area contributed by atoms with Crippen molar-refractivity contribution in [2.75, 3.05) is 19.6 Å². The van der Waals surface area contributed by atoms with E-state index >= 15 is 0 Å². The number of rotatable bonds is 4. The second-order valence-electron chi connectivity index (χ2n) is 4.35. The monoisotopic (exact) mass is 303 g/mol. The van der Waals surface area contributed by atoms with Gasteiger partial charge in [0.15, 0.2) is 0 Å². The lowest BCUT2D eigenvalue weighted by Gasteiger charge is -2.31. The first kappa shape index (κ1) is 14.2. The molecule has 1 saturated heterocycles. The Morgan fingerprint density at radius 3 is 2.63 bits per heavy atom. The molecule has 1 fully saturated rings. The number of carbonyl (C=O) groups is 2. The number of nitrogens with two attached hydrogens (primary N) is 1. The van der Waals surface area contributed by atoms with Gasteiger partial charge in [-0.3, -0.25) is 14.5 Å². The molecule has 19 heavy (non-hydrogen) atoms. The molecule has 0 aromatic carbocycles. The molecular weight excluding hydrogens is 290 g/mol. The van der Waals surface area contributed by atoms with Crippen molar-refractivity contribution in [3.05, 3.63) is 9.47 Å². The fourth-order valence-electron chi connectivity index (χ4n) is 2.00. The number of hydrogen-bond donors (Lipinski definition) is 2. The smallest absolute Gasteiger partial charge is 0.282 e. The number of nitrogens with zero attached hydrogens (tertiary/aromatic N) is 3. The van der Waals surface area contributed by atoms with Crippen LogP contribution in [0.5, 0.6) is 0 Å². The summed E-state index contributed by atoms with van der Waals surface area (Å²) in [5, 5.41) is 10.4. The minimum atomic E-state index is -0.328. The zero-order valence-corrected chi connectivity index (χ0v) is 11.7. The maximum absolute atomic E-state index is 11.8. The normalized spacial score (nSPS) is 17.3. The molecule has 1 aliphatic heterocycles. The molecule has 0 unspecified atom stereocenters. The number of halogens is 1. The van der Waals surface area contributed by atoms with Crippen molar-refractivity contribution < 1.29 is 9.59 Å². The van der Waals surface area contributed by atoms with Crippen LogP contribution >= 0.6 is 22.9 Å². The van der Waals surface area contributed by atoms with E-state index in [-0.39, 0.29) is 33.9 Å². The second-order valence-corrected chi connectivity index (χ2v) is 5.91. The van der Waals surface area contributed by atoms with Gasteiger partial charge in [-0.15, -0.1) is 10.2 Å². The number of amides is 2. The lowest BCUT2D eigenvalue weighted by atomic mass is 10.1. The average Bonchev–Trinajstić information content (AvgIpc) is 2.78. The molecule has 0 radical (unpaired) electrons. The van der Waals surface area contributed by atoms with Crippen molar-refractivity contribution in [1.29, 1.82) is 0 Å². The highest BCUT2D eigenvalue weighted by Gasteiger charge is 2.23. The SMILES string of the molecule is NC(=O)CN1CCC(NC(=O)c2nnc(Cl)s2)CC1. The minimum absolute atomic E-state index is 0.0827. The summed E-state index contributed by atoms with van der Waals surface area (Å²) in [7, 11) is 0. The van der Waals surface area contributed by atoms with E-state index < -0.39 is 0 Å². The van der Waals surface area contributed by atoms with Crippen LogP contribution in [-0.4, -0.2) is 52.6 Å². The molecule has 0 spiro atoms. The summed E-state index contributed by atoms with van der Waals surface area (Å²) in [6, 6.07) is 0.0827. The molecule has 104 valence electrons. The number of carbonyl (C=O) groups excluding carboxylic acids is 2. The zero-order chi connectivity index (χ0) is 13.8. The average molecular weight is 304 g/mol. The molecule has 0 atom stereocenters. The highest BCUT2D eigenvalue weighted by atomic mass is 35.5. The summed E-state index contributed by atoms with van der Waals surface area (Å²) < 4.78 is 0.251. The van der Waals surface area contributed by atoms with Gasteiger partial charge < -0.3 is 11.1 Å². The van der Waals surface area contributed by atoms with Gasteiger partial charge in [-0.05, 0) is 24.4 Å². The molecule has 2 heterocycles. The van der Waals surface area contributed by atoms with Gasteiger partial charge in [0, 0.05) is 19.1 Å². The Morgan fingerprint density at radius 2 is 2.11 bits per heavy atom. The van der Waals surface area contributed by atoms with Crippen molar-refractivity contribution in [3.63, 3.8) is 0 Å². The maximum atomic E-state index is 11.8. The van der Waals surface area contributed by atoms with Gasteiger partial charge in [-0.2, -0.15) is 0 Å². The van der Waals surface area contributed by atoms with Crippen molar-refractivity contribution in [1.82, 2.24) is 20.4 Å². The summed E-state index contributed by atoms with van der Waals surface area (Å²) in [4.78, 5) is 24.6. The number of likely N-dealkylation sites (tertiary alicyclic amines) is 1. The van der Waals surface area contributed by atoms with Crippen LogP contribution in [-0.2, 0) is 4.79 Å². The Kier molecular flexibility index (Phi) is 4.67. The second kappa shape index (κ2) is 6.27. The van der Waals surface area contributed by atoms with E-state index in [1.165, 1.54) is 0 Å². The predicted molar refractivity (Wildman–Crippen MR) is 71.0 cm³/mol. The zero-order valence-electron chi connectivity index (χ0n) is 10.1. The lowest BCUT2D eigenvalue weighted by molar-refractivity contribution is -0.119. The van der Waals surface area contributed by atoms with Crippen molar-refractivity contribution in [2.24, 2.45) is 5.73 Å². The van der Waals surface area contributed by atoms with Crippen LogP contribution in [0.2, 0.25) is 4.47 Å². The Morgan fingerprint density at radius 1 is 1.42 bits per heavy atom. The molecular formula is C10H14ClN5O2S. The van der Waals surface area contributed by atoms with Crippen LogP contribution in [0.1, 0.15) is 22.6 Å². The van der Waals surface area contributed by atoms with Gasteiger partial charge in [-0.1, -0.05) is 11.3 Å². The number of nitrogens with one attached hydrogen (secondary N) is 1. The minimum Gasteiger partial charge on any atom is -0.369 e. The van der Waals surface area contributed by atoms with Crippen LogP contribution < -0.4 is 11.1 Å². The Labute approximate surface area is 119 Å². The molecule has 2 rings (SSSR count). The van der Waals surface area contributed by atoms with Gasteiger partial charge in [0.25, 0.3) is 5.91 Å². The molecule has 2 amide bonds. The summed E-state index contributed by atoms with van der Waals surface area (Å²) in [5.41, 5.74) is 5.14. The van der Waals surface area contributed by atoms with Crippen LogP contribution in [0.25, 0.3) is 0 Å². The van der Waals surface area contributed by atoms with E-state index in [0.29, 0.717) is 0 Å². The summed E-state index contributed by atoms with van der Waals surface area (Å²) in [6.07, 6.45) is 1.57. The van der Waals surface area contributed by atoms with Crippen molar-refractivity contribution in [3.8, 4) is 0 Å². The largest absolute Gasteiger partial charge is 0.369 e. The molecule has 3 N–H and O–H groups in total. The number of primary amides is 1. The van der Waals surface area contributed by atoms with E-state index in [4.69, 9.17) is 17.3 Å². The van der Waals surface area contributed by atoms with E-state index in [0.717, 1.165) is 37.3 Å². The summed E-state index contributed by atoms with van der Waals surface area (Å²) in [5.74, 6) is -0.580. The van der Waals surface area contributed by atoms with Crippen LogP contribution in [0, 0.1) is 0 Å². The standard InChI is InChI=1S/C10H14ClN5O2S/c11-10-15-14-9(19-10)8(18)13-6-1-3-16(4-2-6)5-7(12)17/h6H,1-5H2,(H2,12,17)(H,13,18). The quantitative estimate of drug-likeness (QED) is 0.807. The molecule has 0 aliphatic carbocycles. The van der Waals surface area contributed by atoms with E-state index in [2.05, 4.69) is 15.5 Å². The maximum Gasteiger partial charge on any atom is 0.282 e. The first-order valence-electron chi connectivity index (χ1n) is 5.85. The van der Waals surface area contributed by atoms with Gasteiger partial charge in [0.1, 0.15) is 0 Å². The fraction of sp³-hybridized carbons (Fsp3) is 0.600. The van der Waals surface area contributed by atoms with Gasteiger partial charge in [0.05, 0.1) is 6.54 Å². The number of aromatic nitrogens is 2. The lowest BCUT2D eigenvalue weighted by Crippen LogP contribution is -2.46. The highest BCUT2D eigenvalue weighted by molar-refractivity contribution is 7.17. The Balaban J connectivity index is 1.79. The third kappa shape index (κ3) is 4.12. The van der Waals surface area contributed by atoms with E-state index in [1.807, 2.05) is 4.90 Å². The van der Waals surface area contributed by atoms with E-state index in [1.54, 1.807) is 0 Å². The predicted octanol–water partition coefficient (Wildman–Crippen LogP) is -0.129. The molecule has 7 nitrogen and oxygen atoms in total. The number of piperidine rings is 1. The third-order valence-corrected chi connectivity index (χ3v) is 3.91. The number of hydrogen-bond acceptors (Lipinski definition) is 6. The fourth-order valence-corrected chi connectivity index (χ4v) is 2.73. The van der Waals surface area contributed by atoms with Crippen molar-refractivity contribution in [2.45, 2.75) is 18.9 Å². The molecule has 9 heteroatoms. The summed E-state index contributed by atoms with van der Waals surface area (Å²) >= 11 is 6.68. The molecule has 1 aliphatic rings. The Hall–Kier alpha value is -1.25. The topological polar surface area (TPSA) is 101 Å². The van der Waals surface area contributed by atoms with Crippen LogP contribution in [0.4, 0.5) is 0 Å². The van der Waals surface area contributed by atoms with Crippen molar-refractivity contribution >= 4 is 34.8 Å². The first-order chi connectivity index (χ1) is 9.04. The van der Waals surface area contributed by atoms with Gasteiger partial charge in [-0.25, -0.2) is 0 Å². The molecule has 0 saturated carbocycles. The third-order valence-electron chi connectivity index (χ3n) is 2.90. The molecule has 1 aromatic heterocycles.